The van der Waals surface area contributed by atoms with Gasteiger partial charge in [-0.15, -0.1) is 0 Å². The van der Waals surface area contributed by atoms with Crippen molar-refractivity contribution in [1.29, 1.82) is 0 Å². The molecule has 6 nitrogen and oxygen atoms in total. The molecule has 1 aliphatic rings. The molecule has 0 bridgehead atoms. The maximum Gasteiger partial charge on any atom is 0.305 e. The molecule has 3 N–H and O–H groups in total. The minimum absolute atomic E-state index is 0.00472. The topological polar surface area (TPSA) is 95.5 Å². The molecule has 1 rings (SSSR count). The zero-order valence-electron chi connectivity index (χ0n) is 11.7. The van der Waals surface area contributed by atoms with Crippen molar-refractivity contribution in [3.05, 3.63) is 0 Å². The summed E-state index contributed by atoms with van der Waals surface area (Å²) in [5.74, 6) is -0.656. The first-order valence-electron chi connectivity index (χ1n) is 6.52. The molecular weight excluding hydrogens is 248 g/mol. The van der Waals surface area contributed by atoms with E-state index >= 15 is 0 Å². The first-order chi connectivity index (χ1) is 8.71. The van der Waals surface area contributed by atoms with Crippen LogP contribution in [0, 0.1) is 11.8 Å². The summed E-state index contributed by atoms with van der Waals surface area (Å²) in [4.78, 5) is 33.7. The number of rotatable bonds is 7. The number of hydrogen-bond donors (Lipinski definition) is 3. The van der Waals surface area contributed by atoms with Gasteiger partial charge in [0.15, 0.2) is 0 Å². The van der Waals surface area contributed by atoms with Gasteiger partial charge in [0.05, 0.1) is 6.42 Å². The third kappa shape index (κ3) is 5.72. The Kier molecular flexibility index (Phi) is 4.91. The van der Waals surface area contributed by atoms with Gasteiger partial charge in [0, 0.05) is 24.4 Å². The number of aliphatic carboxylic acids is 1. The lowest BCUT2D eigenvalue weighted by atomic mass is 10.0. The van der Waals surface area contributed by atoms with E-state index in [1.807, 2.05) is 6.92 Å². The molecule has 1 fully saturated rings. The molecule has 6 heteroatoms. The Bertz CT molecular complexity index is 379. The molecule has 0 heterocycles. The quantitative estimate of drug-likeness (QED) is 0.628. The molecule has 2 amide bonds. The fraction of sp³-hybridized carbons (Fsp3) is 0.769. The van der Waals surface area contributed by atoms with E-state index in [0.29, 0.717) is 5.92 Å². The van der Waals surface area contributed by atoms with E-state index in [0.717, 1.165) is 6.42 Å². The Morgan fingerprint density at radius 2 is 1.89 bits per heavy atom. The molecule has 108 valence electrons. The van der Waals surface area contributed by atoms with Crippen molar-refractivity contribution < 1.29 is 19.5 Å². The summed E-state index contributed by atoms with van der Waals surface area (Å²) in [6.45, 7) is 5.62. The summed E-state index contributed by atoms with van der Waals surface area (Å²) in [5.41, 5.74) is -0.780. The normalized spacial score (nSPS) is 21.6. The second kappa shape index (κ2) is 6.04. The lowest BCUT2D eigenvalue weighted by Crippen LogP contribution is -2.45. The Morgan fingerprint density at radius 1 is 1.32 bits per heavy atom. The van der Waals surface area contributed by atoms with Gasteiger partial charge in [-0.05, 0) is 26.2 Å². The molecule has 1 aliphatic carbocycles. The molecule has 0 aromatic rings. The van der Waals surface area contributed by atoms with Crippen molar-refractivity contribution in [1.82, 2.24) is 10.6 Å². The van der Waals surface area contributed by atoms with Gasteiger partial charge in [-0.1, -0.05) is 6.92 Å². The van der Waals surface area contributed by atoms with Gasteiger partial charge in [0.2, 0.25) is 11.8 Å². The Hall–Kier alpha value is -1.59. The number of hydrogen-bond acceptors (Lipinski definition) is 3. The maximum absolute atomic E-state index is 11.6. The van der Waals surface area contributed by atoms with Crippen LogP contribution in [0.5, 0.6) is 0 Å². The standard InChI is InChI=1S/C13H22N2O4/c1-8-6-9(8)12(19)14-5-4-10(16)15-13(2,3)7-11(17)18/h8-9H,4-7H2,1-3H3,(H,14,19)(H,15,16)(H,17,18). The first-order valence-corrected chi connectivity index (χ1v) is 6.52. The largest absolute Gasteiger partial charge is 0.481 e. The molecule has 0 aromatic carbocycles. The minimum atomic E-state index is -0.957. The van der Waals surface area contributed by atoms with Crippen LogP contribution in [0.2, 0.25) is 0 Å². The second-order valence-electron chi connectivity index (χ2n) is 5.86. The molecule has 0 spiro atoms. The van der Waals surface area contributed by atoms with E-state index in [1.54, 1.807) is 13.8 Å². The van der Waals surface area contributed by atoms with Gasteiger partial charge in [-0.2, -0.15) is 0 Å². The smallest absolute Gasteiger partial charge is 0.305 e. The summed E-state index contributed by atoms with van der Waals surface area (Å²) in [5, 5.41) is 14.1. The number of amides is 2. The van der Waals surface area contributed by atoms with E-state index < -0.39 is 11.5 Å². The zero-order valence-corrected chi connectivity index (χ0v) is 11.7. The molecule has 19 heavy (non-hydrogen) atoms. The highest BCUT2D eigenvalue weighted by Crippen LogP contribution is 2.37. The molecular formula is C13H22N2O4. The van der Waals surface area contributed by atoms with Gasteiger partial charge in [0.1, 0.15) is 0 Å². The Labute approximate surface area is 112 Å². The van der Waals surface area contributed by atoms with E-state index in [9.17, 15) is 14.4 Å². The van der Waals surface area contributed by atoms with Crippen LogP contribution in [0.25, 0.3) is 0 Å². The predicted molar refractivity (Wildman–Crippen MR) is 69.4 cm³/mol. The van der Waals surface area contributed by atoms with Crippen molar-refractivity contribution >= 4 is 17.8 Å². The van der Waals surface area contributed by atoms with Crippen molar-refractivity contribution in [3.8, 4) is 0 Å². The SMILES string of the molecule is CC1CC1C(=O)NCCC(=O)NC(C)(C)CC(=O)O. The first kappa shape index (κ1) is 15.5. The molecule has 0 aromatic heterocycles. The van der Waals surface area contributed by atoms with Crippen LogP contribution < -0.4 is 10.6 Å². The van der Waals surface area contributed by atoms with Crippen LogP contribution in [0.3, 0.4) is 0 Å². The predicted octanol–water partition coefficient (Wildman–Crippen LogP) is 0.518. The van der Waals surface area contributed by atoms with Gasteiger partial charge in [-0.25, -0.2) is 0 Å². The zero-order chi connectivity index (χ0) is 14.6. The number of carbonyl (C=O) groups excluding carboxylic acids is 2. The van der Waals surface area contributed by atoms with Crippen LogP contribution in [0.15, 0.2) is 0 Å². The molecule has 0 aliphatic heterocycles. The van der Waals surface area contributed by atoms with Gasteiger partial charge >= 0.3 is 5.97 Å². The molecule has 2 atom stereocenters. The van der Waals surface area contributed by atoms with Gasteiger partial charge < -0.3 is 15.7 Å². The third-order valence-corrected chi connectivity index (χ3v) is 3.17. The van der Waals surface area contributed by atoms with Crippen molar-refractivity contribution in [2.75, 3.05) is 6.54 Å². The van der Waals surface area contributed by atoms with E-state index in [1.165, 1.54) is 0 Å². The van der Waals surface area contributed by atoms with Crippen LogP contribution in [-0.4, -0.2) is 35.0 Å². The molecule has 1 saturated carbocycles. The Morgan fingerprint density at radius 3 is 2.37 bits per heavy atom. The summed E-state index contributed by atoms with van der Waals surface area (Å²) >= 11 is 0. The maximum atomic E-state index is 11.6. The summed E-state index contributed by atoms with van der Waals surface area (Å²) in [7, 11) is 0. The summed E-state index contributed by atoms with van der Waals surface area (Å²) in [6.07, 6.45) is 0.949. The van der Waals surface area contributed by atoms with Crippen LogP contribution in [0.4, 0.5) is 0 Å². The average molecular weight is 270 g/mol. The van der Waals surface area contributed by atoms with E-state index in [2.05, 4.69) is 10.6 Å². The fourth-order valence-corrected chi connectivity index (χ4v) is 1.98. The molecule has 2 unspecified atom stereocenters. The monoisotopic (exact) mass is 270 g/mol. The minimum Gasteiger partial charge on any atom is -0.481 e. The number of carbonyl (C=O) groups is 3. The lowest BCUT2D eigenvalue weighted by Gasteiger charge is -2.24. The highest BCUT2D eigenvalue weighted by atomic mass is 16.4. The molecule has 0 saturated heterocycles. The van der Waals surface area contributed by atoms with Crippen LogP contribution in [0.1, 0.15) is 40.0 Å². The highest BCUT2D eigenvalue weighted by Gasteiger charge is 2.38. The van der Waals surface area contributed by atoms with E-state index in [4.69, 9.17) is 5.11 Å². The van der Waals surface area contributed by atoms with Crippen molar-refractivity contribution in [3.63, 3.8) is 0 Å². The average Bonchev–Trinajstić information content (AvgIpc) is 2.92. The van der Waals surface area contributed by atoms with Gasteiger partial charge in [0.25, 0.3) is 0 Å². The third-order valence-electron chi connectivity index (χ3n) is 3.17. The van der Waals surface area contributed by atoms with Gasteiger partial charge in [-0.3, -0.25) is 14.4 Å². The van der Waals surface area contributed by atoms with E-state index in [-0.39, 0.29) is 37.1 Å². The fourth-order valence-electron chi connectivity index (χ4n) is 1.98. The van der Waals surface area contributed by atoms with Crippen molar-refractivity contribution in [2.24, 2.45) is 11.8 Å². The summed E-state index contributed by atoms with van der Waals surface area (Å²) < 4.78 is 0. The number of nitrogens with one attached hydrogen (secondary N) is 2. The lowest BCUT2D eigenvalue weighted by molar-refractivity contribution is -0.138. The van der Waals surface area contributed by atoms with Crippen molar-refractivity contribution in [2.45, 2.75) is 45.6 Å². The molecule has 0 radical (unpaired) electrons. The van der Waals surface area contributed by atoms with Crippen LogP contribution in [-0.2, 0) is 14.4 Å². The number of carboxylic acids is 1. The Balaban J connectivity index is 2.20. The highest BCUT2D eigenvalue weighted by molar-refractivity contribution is 5.82. The summed E-state index contributed by atoms with van der Waals surface area (Å²) in [6, 6.07) is 0. The second-order valence-corrected chi connectivity index (χ2v) is 5.86. The number of carboxylic acid groups (broad SMARTS) is 1. The van der Waals surface area contributed by atoms with Crippen LogP contribution >= 0.6 is 0 Å².